The van der Waals surface area contributed by atoms with Gasteiger partial charge < -0.3 is 0 Å². The van der Waals surface area contributed by atoms with Crippen LogP contribution in [0, 0.1) is 13.8 Å². The van der Waals surface area contributed by atoms with E-state index >= 15 is 0 Å². The zero-order valence-electron chi connectivity index (χ0n) is 15.1. The van der Waals surface area contributed by atoms with Gasteiger partial charge in [0.05, 0.1) is 17.6 Å². The van der Waals surface area contributed by atoms with Crippen LogP contribution in [0.25, 0.3) is 5.65 Å². The van der Waals surface area contributed by atoms with Crippen LogP contribution in [0.2, 0.25) is 0 Å². The summed E-state index contributed by atoms with van der Waals surface area (Å²) in [6, 6.07) is 3.12. The number of rotatable bonds is 3. The summed E-state index contributed by atoms with van der Waals surface area (Å²) in [4.78, 5) is 7.33. The molecule has 0 amide bonds. The SMILES string of the molecule is CCn1ncc(CN2C3CCC2c2cnc4cc(C)nn4c2C3)c1C. The van der Waals surface area contributed by atoms with Crippen LogP contribution in [-0.2, 0) is 19.5 Å². The minimum atomic E-state index is 0.458. The largest absolute Gasteiger partial charge is 0.288 e. The van der Waals surface area contributed by atoms with Gasteiger partial charge in [-0.1, -0.05) is 0 Å². The van der Waals surface area contributed by atoms with Gasteiger partial charge in [-0.25, -0.2) is 9.50 Å². The quantitative estimate of drug-likeness (QED) is 0.738. The minimum Gasteiger partial charge on any atom is -0.288 e. The van der Waals surface area contributed by atoms with Gasteiger partial charge in [-0.3, -0.25) is 9.58 Å². The average Bonchev–Trinajstić information content (AvgIpc) is 3.23. The van der Waals surface area contributed by atoms with Crippen LogP contribution in [0.1, 0.15) is 54.0 Å². The van der Waals surface area contributed by atoms with E-state index in [2.05, 4.69) is 55.4 Å². The zero-order chi connectivity index (χ0) is 17.1. The molecular weight excluding hydrogens is 312 g/mol. The highest BCUT2D eigenvalue weighted by atomic mass is 15.3. The van der Waals surface area contributed by atoms with Crippen LogP contribution in [0.4, 0.5) is 0 Å². The van der Waals surface area contributed by atoms with E-state index in [1.807, 2.05) is 13.1 Å². The van der Waals surface area contributed by atoms with Crippen molar-refractivity contribution in [1.29, 1.82) is 0 Å². The number of fused-ring (bicyclic) bond motifs is 6. The number of hydrogen-bond acceptors (Lipinski definition) is 4. The minimum absolute atomic E-state index is 0.458. The Kier molecular flexibility index (Phi) is 3.25. The maximum absolute atomic E-state index is 4.68. The van der Waals surface area contributed by atoms with E-state index in [0.717, 1.165) is 30.9 Å². The van der Waals surface area contributed by atoms with E-state index in [-0.39, 0.29) is 0 Å². The van der Waals surface area contributed by atoms with Crippen LogP contribution in [0.5, 0.6) is 0 Å². The first-order valence-electron chi connectivity index (χ1n) is 9.27. The Balaban J connectivity index is 1.53. The number of nitrogens with zero attached hydrogens (tertiary/aromatic N) is 6. The fourth-order valence-electron chi connectivity index (χ4n) is 4.70. The van der Waals surface area contributed by atoms with Crippen molar-refractivity contribution in [3.63, 3.8) is 0 Å². The van der Waals surface area contributed by atoms with Gasteiger partial charge in [0.1, 0.15) is 0 Å². The fraction of sp³-hybridized carbons (Fsp3) is 0.526. The molecule has 2 aliphatic rings. The maximum Gasteiger partial charge on any atom is 0.155 e. The van der Waals surface area contributed by atoms with Crippen LogP contribution >= 0.6 is 0 Å². The lowest BCUT2D eigenvalue weighted by atomic mass is 9.98. The summed E-state index contributed by atoms with van der Waals surface area (Å²) in [5.41, 5.74) is 7.39. The summed E-state index contributed by atoms with van der Waals surface area (Å²) in [6.45, 7) is 8.29. The molecule has 0 saturated carbocycles. The lowest BCUT2D eigenvalue weighted by Crippen LogP contribution is -2.38. The lowest BCUT2D eigenvalue weighted by molar-refractivity contribution is 0.164. The normalized spacial score (nSPS) is 22.7. The van der Waals surface area contributed by atoms with Gasteiger partial charge >= 0.3 is 0 Å². The van der Waals surface area contributed by atoms with Gasteiger partial charge in [0, 0.05) is 60.7 Å². The standard InChI is InChI=1S/C19H24N6/c1-4-24-13(3)14(9-21-24)11-23-15-5-6-17(23)16-10-20-19-7-12(2)22-25(19)18(16)8-15/h7,9-10,15,17H,4-6,8,11H2,1-3H3. The van der Waals surface area contributed by atoms with E-state index < -0.39 is 0 Å². The van der Waals surface area contributed by atoms with Gasteiger partial charge in [0.25, 0.3) is 0 Å². The molecule has 2 unspecified atom stereocenters. The van der Waals surface area contributed by atoms with Crippen molar-refractivity contribution in [2.75, 3.05) is 0 Å². The molecule has 2 bridgehead atoms. The Bertz CT molecular complexity index is 952. The first-order chi connectivity index (χ1) is 12.2. The predicted octanol–water partition coefficient (Wildman–Crippen LogP) is 2.82. The summed E-state index contributed by atoms with van der Waals surface area (Å²) in [7, 11) is 0. The third kappa shape index (κ3) is 2.16. The highest BCUT2D eigenvalue weighted by molar-refractivity contribution is 5.44. The molecule has 0 aromatic carbocycles. The molecule has 3 aromatic rings. The van der Waals surface area contributed by atoms with Crippen LogP contribution < -0.4 is 0 Å². The molecule has 0 N–H and O–H groups in total. The lowest BCUT2D eigenvalue weighted by Gasteiger charge is -2.36. The second-order valence-corrected chi connectivity index (χ2v) is 7.41. The molecule has 0 spiro atoms. The first kappa shape index (κ1) is 15.1. The van der Waals surface area contributed by atoms with E-state index in [1.165, 1.54) is 35.4 Å². The van der Waals surface area contributed by atoms with Crippen molar-refractivity contribution in [2.24, 2.45) is 0 Å². The van der Waals surface area contributed by atoms with Gasteiger partial charge in [-0.2, -0.15) is 10.2 Å². The molecule has 3 aromatic heterocycles. The van der Waals surface area contributed by atoms with E-state index in [4.69, 9.17) is 0 Å². The highest BCUT2D eigenvalue weighted by Crippen LogP contribution is 2.44. The summed E-state index contributed by atoms with van der Waals surface area (Å²) in [5, 5.41) is 9.20. The fourth-order valence-corrected chi connectivity index (χ4v) is 4.70. The smallest absolute Gasteiger partial charge is 0.155 e. The van der Waals surface area contributed by atoms with E-state index in [1.54, 1.807) is 0 Å². The topological polar surface area (TPSA) is 51.2 Å². The van der Waals surface area contributed by atoms with Crippen LogP contribution in [0.15, 0.2) is 18.5 Å². The van der Waals surface area contributed by atoms with Crippen molar-refractivity contribution < 1.29 is 0 Å². The molecule has 0 radical (unpaired) electrons. The monoisotopic (exact) mass is 336 g/mol. The molecule has 1 saturated heterocycles. The molecule has 5 heterocycles. The summed E-state index contributed by atoms with van der Waals surface area (Å²) >= 11 is 0. The molecule has 25 heavy (non-hydrogen) atoms. The first-order valence-corrected chi connectivity index (χ1v) is 9.27. The Hall–Kier alpha value is -2.21. The average molecular weight is 336 g/mol. The molecule has 6 nitrogen and oxygen atoms in total. The van der Waals surface area contributed by atoms with Gasteiger partial charge in [-0.15, -0.1) is 0 Å². The number of aryl methyl sites for hydroxylation is 2. The summed E-state index contributed by atoms with van der Waals surface area (Å²) in [5.74, 6) is 0. The molecule has 1 fully saturated rings. The molecule has 6 heteroatoms. The Morgan fingerprint density at radius 3 is 2.88 bits per heavy atom. The molecule has 5 rings (SSSR count). The molecule has 2 atom stereocenters. The highest BCUT2D eigenvalue weighted by Gasteiger charge is 2.41. The Morgan fingerprint density at radius 2 is 2.08 bits per heavy atom. The van der Waals surface area contributed by atoms with Crippen LogP contribution in [-0.4, -0.2) is 35.3 Å². The van der Waals surface area contributed by atoms with Gasteiger partial charge in [0.2, 0.25) is 0 Å². The summed E-state index contributed by atoms with van der Waals surface area (Å²) < 4.78 is 4.17. The van der Waals surface area contributed by atoms with Gasteiger partial charge in [-0.05, 0) is 33.6 Å². The van der Waals surface area contributed by atoms with E-state index in [9.17, 15) is 0 Å². The van der Waals surface area contributed by atoms with Crippen molar-refractivity contribution in [3.05, 3.63) is 46.7 Å². The second kappa shape index (κ2) is 5.39. The van der Waals surface area contributed by atoms with Crippen molar-refractivity contribution in [1.82, 2.24) is 29.3 Å². The molecular formula is C19H24N6. The maximum atomic E-state index is 4.68. The summed E-state index contributed by atoms with van der Waals surface area (Å²) in [6.07, 6.45) is 7.67. The molecule has 130 valence electrons. The number of aromatic nitrogens is 5. The van der Waals surface area contributed by atoms with Crippen LogP contribution in [0.3, 0.4) is 0 Å². The van der Waals surface area contributed by atoms with Crippen molar-refractivity contribution >= 4 is 5.65 Å². The molecule has 0 aliphatic carbocycles. The molecule has 2 aliphatic heterocycles. The predicted molar refractivity (Wildman–Crippen MR) is 95.4 cm³/mol. The Labute approximate surface area is 147 Å². The Morgan fingerprint density at radius 1 is 1.20 bits per heavy atom. The van der Waals surface area contributed by atoms with Gasteiger partial charge in [0.15, 0.2) is 5.65 Å². The van der Waals surface area contributed by atoms with Crippen molar-refractivity contribution in [3.8, 4) is 0 Å². The zero-order valence-corrected chi connectivity index (χ0v) is 15.1. The van der Waals surface area contributed by atoms with E-state index in [0.29, 0.717) is 12.1 Å². The third-order valence-corrected chi connectivity index (χ3v) is 6.03. The number of hydrogen-bond donors (Lipinski definition) is 0. The second-order valence-electron chi connectivity index (χ2n) is 7.41. The van der Waals surface area contributed by atoms with Crippen molar-refractivity contribution in [2.45, 2.75) is 65.2 Å². The third-order valence-electron chi connectivity index (χ3n) is 6.03.